The van der Waals surface area contributed by atoms with Crippen molar-refractivity contribution in [2.75, 3.05) is 26.2 Å². The molecule has 0 aromatic carbocycles. The number of nitrogens with zero attached hydrogens (tertiary/aromatic N) is 1. The predicted molar refractivity (Wildman–Crippen MR) is 61.7 cm³/mol. The van der Waals surface area contributed by atoms with Crippen LogP contribution in [0.25, 0.3) is 0 Å². The molecule has 1 unspecified atom stereocenters. The van der Waals surface area contributed by atoms with Crippen LogP contribution in [0.15, 0.2) is 0 Å². The quantitative estimate of drug-likeness (QED) is 0.693. The third kappa shape index (κ3) is 3.48. The number of nitrogens with one attached hydrogen (secondary N) is 1. The van der Waals surface area contributed by atoms with Crippen molar-refractivity contribution in [3.8, 4) is 0 Å². The average molecular weight is 227 g/mol. The molecule has 1 rings (SSSR count). The number of carbonyl (C=O) groups excluding carboxylic acids is 2. The van der Waals surface area contributed by atoms with Crippen molar-refractivity contribution in [1.82, 2.24) is 10.2 Å². The number of nitrogens with two attached hydrogens (primary N) is 1. The molecular formula is C11H21N3O2. The highest BCUT2D eigenvalue weighted by Gasteiger charge is 2.27. The molecule has 0 aromatic heterocycles. The maximum absolute atomic E-state index is 11.7. The van der Waals surface area contributed by atoms with Crippen LogP contribution in [0, 0.1) is 5.92 Å². The second kappa shape index (κ2) is 6.48. The molecule has 1 heterocycles. The van der Waals surface area contributed by atoms with Gasteiger partial charge in [0.15, 0.2) is 0 Å². The van der Waals surface area contributed by atoms with Crippen LogP contribution < -0.4 is 11.1 Å². The third-order valence-corrected chi connectivity index (χ3v) is 2.87. The summed E-state index contributed by atoms with van der Waals surface area (Å²) in [4.78, 5) is 24.8. The molecule has 1 saturated heterocycles. The Kier molecular flexibility index (Phi) is 5.25. The summed E-state index contributed by atoms with van der Waals surface area (Å²) in [6, 6.07) is 0. The van der Waals surface area contributed by atoms with Gasteiger partial charge >= 0.3 is 0 Å². The van der Waals surface area contributed by atoms with Crippen LogP contribution in [-0.2, 0) is 9.59 Å². The number of likely N-dealkylation sites (tertiary alicyclic amines) is 1. The number of rotatable bonds is 4. The minimum atomic E-state index is -0.0620. The summed E-state index contributed by atoms with van der Waals surface area (Å²) in [5.74, 6) is -0.0554. The van der Waals surface area contributed by atoms with Gasteiger partial charge in [-0.05, 0) is 19.3 Å². The van der Waals surface area contributed by atoms with Gasteiger partial charge in [0.1, 0.15) is 0 Å². The summed E-state index contributed by atoms with van der Waals surface area (Å²) in [5, 5.41) is 2.87. The molecular weight excluding hydrogens is 206 g/mol. The van der Waals surface area contributed by atoms with E-state index in [1.807, 2.05) is 6.92 Å². The number of carbonyl (C=O) groups is 2. The number of hydrogen-bond donors (Lipinski definition) is 2. The molecule has 0 aromatic rings. The molecule has 0 radical (unpaired) electrons. The Balaban J connectivity index is 2.43. The van der Waals surface area contributed by atoms with Crippen molar-refractivity contribution in [3.05, 3.63) is 0 Å². The minimum Gasteiger partial charge on any atom is -0.356 e. The lowest BCUT2D eigenvalue weighted by Gasteiger charge is -2.31. The average Bonchev–Trinajstić information content (AvgIpc) is 2.35. The van der Waals surface area contributed by atoms with E-state index in [9.17, 15) is 9.59 Å². The maximum Gasteiger partial charge on any atom is 0.236 e. The lowest BCUT2D eigenvalue weighted by molar-refractivity contribution is -0.134. The second-order valence-electron chi connectivity index (χ2n) is 4.17. The first kappa shape index (κ1) is 13.0. The van der Waals surface area contributed by atoms with Gasteiger partial charge in [0, 0.05) is 19.6 Å². The number of hydrogen-bond acceptors (Lipinski definition) is 3. The van der Waals surface area contributed by atoms with Crippen LogP contribution in [0.3, 0.4) is 0 Å². The molecule has 1 aliphatic heterocycles. The van der Waals surface area contributed by atoms with E-state index >= 15 is 0 Å². The first-order valence-corrected chi connectivity index (χ1v) is 5.94. The van der Waals surface area contributed by atoms with Crippen LogP contribution >= 0.6 is 0 Å². The smallest absolute Gasteiger partial charge is 0.236 e. The molecule has 0 spiro atoms. The van der Waals surface area contributed by atoms with Crippen molar-refractivity contribution >= 4 is 11.8 Å². The Morgan fingerprint density at radius 1 is 1.50 bits per heavy atom. The van der Waals surface area contributed by atoms with Gasteiger partial charge in [-0.15, -0.1) is 0 Å². The van der Waals surface area contributed by atoms with Crippen LogP contribution in [0.1, 0.15) is 26.2 Å². The van der Waals surface area contributed by atoms with Gasteiger partial charge < -0.3 is 16.0 Å². The third-order valence-electron chi connectivity index (χ3n) is 2.87. The van der Waals surface area contributed by atoms with Crippen molar-refractivity contribution in [3.63, 3.8) is 0 Å². The van der Waals surface area contributed by atoms with Crippen LogP contribution in [0.2, 0.25) is 0 Å². The topological polar surface area (TPSA) is 75.4 Å². The first-order valence-electron chi connectivity index (χ1n) is 5.94. The first-order chi connectivity index (χ1) is 7.69. The highest BCUT2D eigenvalue weighted by Crippen LogP contribution is 2.16. The molecule has 0 bridgehead atoms. The second-order valence-corrected chi connectivity index (χ2v) is 4.17. The molecule has 1 atom stereocenters. The summed E-state index contributed by atoms with van der Waals surface area (Å²) in [6.07, 6.45) is 2.68. The highest BCUT2D eigenvalue weighted by molar-refractivity contribution is 5.82. The standard InChI is InChI=1S/C11H21N3O2/c1-2-5-13-11(16)9-4-3-6-14(8-9)10(15)7-12/h9H,2-8,12H2,1H3,(H,13,16). The Labute approximate surface area is 96.4 Å². The van der Waals surface area contributed by atoms with E-state index in [4.69, 9.17) is 5.73 Å². The van der Waals surface area contributed by atoms with E-state index in [2.05, 4.69) is 5.32 Å². The van der Waals surface area contributed by atoms with Gasteiger partial charge in [-0.3, -0.25) is 9.59 Å². The van der Waals surface area contributed by atoms with E-state index in [-0.39, 0.29) is 24.3 Å². The molecule has 16 heavy (non-hydrogen) atoms. The number of piperidine rings is 1. The molecule has 3 N–H and O–H groups in total. The molecule has 1 fully saturated rings. The summed E-state index contributed by atoms with van der Waals surface area (Å²) in [7, 11) is 0. The van der Waals surface area contributed by atoms with Gasteiger partial charge in [-0.1, -0.05) is 6.92 Å². The Hall–Kier alpha value is -1.10. The van der Waals surface area contributed by atoms with Crippen LogP contribution in [0.4, 0.5) is 0 Å². The fourth-order valence-electron chi connectivity index (χ4n) is 1.94. The van der Waals surface area contributed by atoms with Gasteiger partial charge in [-0.25, -0.2) is 0 Å². The van der Waals surface area contributed by atoms with E-state index in [0.29, 0.717) is 13.1 Å². The van der Waals surface area contributed by atoms with Crippen LogP contribution in [-0.4, -0.2) is 42.9 Å². The lowest BCUT2D eigenvalue weighted by Crippen LogP contribution is -2.47. The van der Waals surface area contributed by atoms with E-state index in [1.54, 1.807) is 4.90 Å². The van der Waals surface area contributed by atoms with Crippen molar-refractivity contribution in [1.29, 1.82) is 0 Å². The largest absolute Gasteiger partial charge is 0.356 e. The zero-order valence-corrected chi connectivity index (χ0v) is 9.87. The summed E-state index contributed by atoms with van der Waals surface area (Å²) >= 11 is 0. The summed E-state index contributed by atoms with van der Waals surface area (Å²) < 4.78 is 0. The lowest BCUT2D eigenvalue weighted by atomic mass is 9.97. The van der Waals surface area contributed by atoms with Gasteiger partial charge in [-0.2, -0.15) is 0 Å². The fourth-order valence-corrected chi connectivity index (χ4v) is 1.94. The fraction of sp³-hybridized carbons (Fsp3) is 0.818. The van der Waals surface area contributed by atoms with Crippen LogP contribution in [0.5, 0.6) is 0 Å². The van der Waals surface area contributed by atoms with Crippen molar-refractivity contribution in [2.24, 2.45) is 11.7 Å². The SMILES string of the molecule is CCCNC(=O)C1CCCN(C(=O)CN)C1. The monoisotopic (exact) mass is 227 g/mol. The molecule has 1 aliphatic rings. The minimum absolute atomic E-state index is 0.0311. The molecule has 5 nitrogen and oxygen atoms in total. The highest BCUT2D eigenvalue weighted by atomic mass is 16.2. The zero-order chi connectivity index (χ0) is 12.0. The summed E-state index contributed by atoms with van der Waals surface area (Å²) in [6.45, 7) is 4.01. The Morgan fingerprint density at radius 2 is 2.25 bits per heavy atom. The van der Waals surface area contributed by atoms with E-state index < -0.39 is 0 Å². The molecule has 0 saturated carbocycles. The van der Waals surface area contributed by atoms with Gasteiger partial charge in [0.25, 0.3) is 0 Å². The summed E-state index contributed by atoms with van der Waals surface area (Å²) in [5.41, 5.74) is 5.31. The predicted octanol–water partition coefficient (Wildman–Crippen LogP) is -0.290. The zero-order valence-electron chi connectivity index (χ0n) is 9.87. The molecule has 92 valence electrons. The normalized spacial score (nSPS) is 20.6. The van der Waals surface area contributed by atoms with E-state index in [0.717, 1.165) is 25.8 Å². The maximum atomic E-state index is 11.7. The van der Waals surface area contributed by atoms with Gasteiger partial charge in [0.05, 0.1) is 12.5 Å². The van der Waals surface area contributed by atoms with E-state index in [1.165, 1.54) is 0 Å². The Morgan fingerprint density at radius 3 is 2.88 bits per heavy atom. The molecule has 0 aliphatic carbocycles. The number of amides is 2. The molecule has 5 heteroatoms. The Bertz CT molecular complexity index is 256. The van der Waals surface area contributed by atoms with Gasteiger partial charge in [0.2, 0.25) is 11.8 Å². The molecule has 2 amide bonds. The van der Waals surface area contributed by atoms with Crippen molar-refractivity contribution in [2.45, 2.75) is 26.2 Å². The van der Waals surface area contributed by atoms with Crippen molar-refractivity contribution < 1.29 is 9.59 Å².